The van der Waals surface area contributed by atoms with Gasteiger partial charge in [-0.3, -0.25) is 0 Å². The van der Waals surface area contributed by atoms with E-state index < -0.39 is 0 Å². The Morgan fingerprint density at radius 3 is 1.76 bits per heavy atom. The van der Waals surface area contributed by atoms with Crippen LogP contribution < -0.4 is 4.74 Å². The van der Waals surface area contributed by atoms with E-state index >= 15 is 0 Å². The highest BCUT2D eigenvalue weighted by Gasteiger charge is 2.27. The molecule has 0 radical (unpaired) electrons. The fraction of sp³-hybridized carbons (Fsp3) is 0.0526. The predicted octanol–water partition coefficient (Wildman–Crippen LogP) is 5.63. The summed E-state index contributed by atoms with van der Waals surface area (Å²) < 4.78 is 6.03. The Morgan fingerprint density at radius 2 is 1.19 bits per heavy atom. The van der Waals surface area contributed by atoms with Crippen LogP contribution in [0.15, 0.2) is 72.8 Å². The molecule has 0 saturated heterocycles. The number of para-hydroxylation sites is 2. The van der Waals surface area contributed by atoms with Crippen LogP contribution in [0.25, 0.3) is 0 Å². The molecule has 1 heterocycles. The fourth-order valence-electron chi connectivity index (χ4n) is 2.92. The fourth-order valence-corrected chi connectivity index (χ4v) is 3.05. The van der Waals surface area contributed by atoms with E-state index in [9.17, 15) is 0 Å². The van der Waals surface area contributed by atoms with E-state index in [1.54, 1.807) is 0 Å². The first kappa shape index (κ1) is 12.5. The molecule has 0 bridgehead atoms. The lowest BCUT2D eigenvalue weighted by atomic mass is 9.83. The van der Waals surface area contributed by atoms with Crippen molar-refractivity contribution in [2.24, 2.45) is 0 Å². The topological polar surface area (TPSA) is 9.23 Å². The SMILES string of the molecule is Clc1ccc(C2c3ccccc3Oc3ccccc32)cc1. The molecule has 0 saturated carbocycles. The maximum absolute atomic E-state index is 6.03. The van der Waals surface area contributed by atoms with Gasteiger partial charge < -0.3 is 4.74 Å². The second-order valence-corrected chi connectivity index (χ2v) is 5.60. The molecule has 0 N–H and O–H groups in total. The van der Waals surface area contributed by atoms with Crippen LogP contribution in [0, 0.1) is 0 Å². The summed E-state index contributed by atoms with van der Waals surface area (Å²) >= 11 is 6.03. The number of benzene rings is 3. The molecule has 1 aliphatic rings. The van der Waals surface area contributed by atoms with Gasteiger partial charge in [-0.2, -0.15) is 0 Å². The standard InChI is InChI=1S/C19H13ClO/c20-14-11-9-13(10-12-14)19-15-5-1-3-7-17(15)21-18-8-4-2-6-16(18)19/h1-12,19H. The van der Waals surface area contributed by atoms with Gasteiger partial charge in [0, 0.05) is 22.1 Å². The molecular weight excluding hydrogens is 280 g/mol. The van der Waals surface area contributed by atoms with Crippen LogP contribution >= 0.6 is 11.6 Å². The normalized spacial score (nSPS) is 13.2. The van der Waals surface area contributed by atoms with Crippen LogP contribution in [0.2, 0.25) is 5.02 Å². The third-order valence-electron chi connectivity index (χ3n) is 3.88. The molecule has 2 heteroatoms. The molecule has 0 aliphatic carbocycles. The van der Waals surface area contributed by atoms with Crippen molar-refractivity contribution in [3.05, 3.63) is 94.5 Å². The minimum Gasteiger partial charge on any atom is -0.457 e. The summed E-state index contributed by atoms with van der Waals surface area (Å²) in [5.41, 5.74) is 3.61. The lowest BCUT2D eigenvalue weighted by molar-refractivity contribution is 0.453. The third kappa shape index (κ3) is 2.10. The maximum atomic E-state index is 6.03. The Kier molecular flexibility index (Phi) is 2.94. The molecule has 0 spiro atoms. The molecule has 3 aromatic rings. The molecule has 4 rings (SSSR count). The highest BCUT2D eigenvalue weighted by molar-refractivity contribution is 6.30. The van der Waals surface area contributed by atoms with Crippen LogP contribution in [-0.4, -0.2) is 0 Å². The van der Waals surface area contributed by atoms with E-state index in [0.29, 0.717) is 0 Å². The van der Waals surface area contributed by atoms with Crippen molar-refractivity contribution in [3.63, 3.8) is 0 Å². The van der Waals surface area contributed by atoms with Gasteiger partial charge in [-0.1, -0.05) is 60.1 Å². The van der Waals surface area contributed by atoms with E-state index in [-0.39, 0.29) is 5.92 Å². The van der Waals surface area contributed by atoms with Gasteiger partial charge in [0.15, 0.2) is 0 Å². The Bertz CT molecular complexity index is 747. The number of hydrogen-bond acceptors (Lipinski definition) is 1. The van der Waals surface area contributed by atoms with Crippen LogP contribution in [0.4, 0.5) is 0 Å². The highest BCUT2D eigenvalue weighted by atomic mass is 35.5. The van der Waals surface area contributed by atoms with Crippen LogP contribution in [0.3, 0.4) is 0 Å². The molecule has 1 nitrogen and oxygen atoms in total. The zero-order chi connectivity index (χ0) is 14.2. The average molecular weight is 293 g/mol. The average Bonchev–Trinajstić information content (AvgIpc) is 2.53. The van der Waals surface area contributed by atoms with Gasteiger partial charge in [0.05, 0.1) is 0 Å². The molecule has 0 atom stereocenters. The van der Waals surface area contributed by atoms with Crippen LogP contribution in [-0.2, 0) is 0 Å². The lowest BCUT2D eigenvalue weighted by Gasteiger charge is -2.28. The summed E-state index contributed by atoms with van der Waals surface area (Å²) in [6.45, 7) is 0. The quantitative estimate of drug-likeness (QED) is 0.442. The number of halogens is 1. The van der Waals surface area contributed by atoms with Gasteiger partial charge >= 0.3 is 0 Å². The second-order valence-electron chi connectivity index (χ2n) is 5.16. The Morgan fingerprint density at radius 1 is 0.667 bits per heavy atom. The third-order valence-corrected chi connectivity index (χ3v) is 4.14. The smallest absolute Gasteiger partial charge is 0.131 e. The largest absolute Gasteiger partial charge is 0.457 e. The van der Waals surface area contributed by atoms with Crippen LogP contribution in [0.1, 0.15) is 22.6 Å². The summed E-state index contributed by atoms with van der Waals surface area (Å²) in [7, 11) is 0. The lowest BCUT2D eigenvalue weighted by Crippen LogP contribution is -2.11. The van der Waals surface area contributed by atoms with Crippen molar-refractivity contribution in [1.82, 2.24) is 0 Å². The van der Waals surface area contributed by atoms with Crippen molar-refractivity contribution < 1.29 is 4.74 Å². The van der Waals surface area contributed by atoms with Crippen molar-refractivity contribution in [2.75, 3.05) is 0 Å². The molecular formula is C19H13ClO. The highest BCUT2D eigenvalue weighted by Crippen LogP contribution is 2.46. The van der Waals surface area contributed by atoms with E-state index in [1.165, 1.54) is 16.7 Å². The summed E-state index contributed by atoms with van der Waals surface area (Å²) in [5, 5.41) is 0.757. The number of fused-ring (bicyclic) bond motifs is 2. The van der Waals surface area contributed by atoms with Crippen LogP contribution in [0.5, 0.6) is 11.5 Å². The van der Waals surface area contributed by atoms with Gasteiger partial charge in [0.25, 0.3) is 0 Å². The van der Waals surface area contributed by atoms with Crippen molar-refractivity contribution >= 4 is 11.6 Å². The summed E-state index contributed by atoms with van der Waals surface area (Å²) in [6.07, 6.45) is 0. The Labute approximate surface area is 128 Å². The monoisotopic (exact) mass is 292 g/mol. The minimum atomic E-state index is 0.184. The molecule has 102 valence electrons. The van der Waals surface area contributed by atoms with Gasteiger partial charge in [0.2, 0.25) is 0 Å². The molecule has 0 aromatic heterocycles. The van der Waals surface area contributed by atoms with Gasteiger partial charge in [-0.15, -0.1) is 0 Å². The summed E-state index contributed by atoms with van der Waals surface area (Å²) in [4.78, 5) is 0. The first-order valence-electron chi connectivity index (χ1n) is 6.94. The minimum absolute atomic E-state index is 0.184. The molecule has 0 fully saturated rings. The summed E-state index contributed by atoms with van der Waals surface area (Å²) in [5.74, 6) is 2.04. The molecule has 0 unspecified atom stereocenters. The number of hydrogen-bond donors (Lipinski definition) is 0. The molecule has 3 aromatic carbocycles. The van der Waals surface area contributed by atoms with E-state index in [2.05, 4.69) is 36.4 Å². The molecule has 1 aliphatic heterocycles. The van der Waals surface area contributed by atoms with E-state index in [1.807, 2.05) is 36.4 Å². The summed E-state index contributed by atoms with van der Waals surface area (Å²) in [6, 6.07) is 24.5. The second kappa shape index (κ2) is 4.94. The van der Waals surface area contributed by atoms with Gasteiger partial charge in [-0.05, 0) is 29.8 Å². The van der Waals surface area contributed by atoms with E-state index in [4.69, 9.17) is 16.3 Å². The first-order chi connectivity index (χ1) is 10.3. The Balaban J connectivity index is 1.95. The Hall–Kier alpha value is -2.25. The molecule has 21 heavy (non-hydrogen) atoms. The van der Waals surface area contributed by atoms with Crippen molar-refractivity contribution in [2.45, 2.75) is 5.92 Å². The maximum Gasteiger partial charge on any atom is 0.131 e. The first-order valence-corrected chi connectivity index (χ1v) is 7.32. The van der Waals surface area contributed by atoms with Crippen molar-refractivity contribution in [1.29, 1.82) is 0 Å². The number of ether oxygens (including phenoxy) is 1. The van der Waals surface area contributed by atoms with E-state index in [0.717, 1.165) is 16.5 Å². The van der Waals surface area contributed by atoms with Gasteiger partial charge in [-0.25, -0.2) is 0 Å². The zero-order valence-electron chi connectivity index (χ0n) is 11.3. The van der Waals surface area contributed by atoms with Crippen molar-refractivity contribution in [3.8, 4) is 11.5 Å². The zero-order valence-corrected chi connectivity index (χ0v) is 12.0. The van der Waals surface area contributed by atoms with Gasteiger partial charge in [0.1, 0.15) is 11.5 Å². The molecule has 0 amide bonds. The predicted molar refractivity (Wildman–Crippen MR) is 85.4 cm³/mol. The number of rotatable bonds is 1.